The average molecular weight is 449 g/mol. The molecule has 1 heteroatoms. The highest BCUT2D eigenvalue weighted by atomic mass is 16.5. The van der Waals surface area contributed by atoms with Crippen LogP contribution in [0.25, 0.3) is 11.1 Å². The van der Waals surface area contributed by atoms with E-state index in [1.807, 2.05) is 0 Å². The minimum Gasteiger partial charge on any atom is -0.493 e. The molecule has 2 aromatic rings. The van der Waals surface area contributed by atoms with Crippen LogP contribution in [0.15, 0.2) is 48.5 Å². The second kappa shape index (κ2) is 14.5. The Morgan fingerprint density at radius 3 is 1.82 bits per heavy atom. The lowest BCUT2D eigenvalue weighted by atomic mass is 9.78. The van der Waals surface area contributed by atoms with Crippen molar-refractivity contribution in [3.8, 4) is 16.9 Å². The number of aryl methyl sites for hydroxylation is 1. The lowest BCUT2D eigenvalue weighted by molar-refractivity contribution is 0.245. The SMILES string of the molecule is CCCCCC1CCC(CCCCc2ccc(-c3ccc(OCC(C)CC)cc3)cc2)CC1. The summed E-state index contributed by atoms with van der Waals surface area (Å²) in [7, 11) is 0. The number of rotatable bonds is 14. The van der Waals surface area contributed by atoms with Gasteiger partial charge in [0.25, 0.3) is 0 Å². The topological polar surface area (TPSA) is 9.23 Å². The lowest BCUT2D eigenvalue weighted by Crippen LogP contribution is -2.14. The van der Waals surface area contributed by atoms with E-state index in [4.69, 9.17) is 4.74 Å². The Morgan fingerprint density at radius 2 is 1.27 bits per heavy atom. The molecular formula is C32H48O. The number of hydrogen-bond donors (Lipinski definition) is 0. The second-order valence-electron chi connectivity index (χ2n) is 10.7. The summed E-state index contributed by atoms with van der Waals surface area (Å²) in [4.78, 5) is 0. The summed E-state index contributed by atoms with van der Waals surface area (Å²) in [5.41, 5.74) is 4.04. The van der Waals surface area contributed by atoms with Gasteiger partial charge in [-0.1, -0.05) is 128 Å². The summed E-state index contributed by atoms with van der Waals surface area (Å²) in [5, 5.41) is 0. The number of benzene rings is 2. The fourth-order valence-corrected chi connectivity index (χ4v) is 5.22. The molecule has 0 aromatic heterocycles. The zero-order chi connectivity index (χ0) is 23.3. The van der Waals surface area contributed by atoms with Gasteiger partial charge in [-0.05, 0) is 59.4 Å². The van der Waals surface area contributed by atoms with Crippen molar-refractivity contribution in [3.05, 3.63) is 54.1 Å². The van der Waals surface area contributed by atoms with Crippen LogP contribution in [0, 0.1) is 17.8 Å². The molecule has 0 aliphatic heterocycles. The Balaban J connectivity index is 1.33. The summed E-state index contributed by atoms with van der Waals surface area (Å²) in [6, 6.07) is 17.8. The molecule has 0 spiro atoms. The molecule has 2 aromatic carbocycles. The molecule has 0 amide bonds. The number of ether oxygens (including phenoxy) is 1. The molecule has 0 heterocycles. The summed E-state index contributed by atoms with van der Waals surface area (Å²) >= 11 is 0. The first-order valence-electron chi connectivity index (χ1n) is 14.0. The third-order valence-corrected chi connectivity index (χ3v) is 7.88. The third-order valence-electron chi connectivity index (χ3n) is 7.88. The predicted octanol–water partition coefficient (Wildman–Crippen LogP) is 9.88. The molecule has 1 nitrogen and oxygen atoms in total. The molecular weight excluding hydrogens is 400 g/mol. The molecule has 0 saturated heterocycles. The van der Waals surface area contributed by atoms with Gasteiger partial charge in [-0.3, -0.25) is 0 Å². The van der Waals surface area contributed by atoms with Gasteiger partial charge in [0.1, 0.15) is 5.75 Å². The zero-order valence-corrected chi connectivity index (χ0v) is 21.7. The van der Waals surface area contributed by atoms with Gasteiger partial charge in [0.2, 0.25) is 0 Å². The highest BCUT2D eigenvalue weighted by molar-refractivity contribution is 5.64. The summed E-state index contributed by atoms with van der Waals surface area (Å²) in [5.74, 6) is 3.62. The van der Waals surface area contributed by atoms with Crippen molar-refractivity contribution >= 4 is 0 Å². The number of unbranched alkanes of at least 4 members (excludes halogenated alkanes) is 3. The van der Waals surface area contributed by atoms with Gasteiger partial charge < -0.3 is 4.74 Å². The fourth-order valence-electron chi connectivity index (χ4n) is 5.22. The molecule has 182 valence electrons. The first kappa shape index (κ1) is 25.9. The van der Waals surface area contributed by atoms with Gasteiger partial charge in [-0.2, -0.15) is 0 Å². The summed E-state index contributed by atoms with van der Waals surface area (Å²) < 4.78 is 5.89. The Hall–Kier alpha value is -1.76. The van der Waals surface area contributed by atoms with Gasteiger partial charge in [-0.15, -0.1) is 0 Å². The highest BCUT2D eigenvalue weighted by Gasteiger charge is 2.20. The molecule has 33 heavy (non-hydrogen) atoms. The molecule has 0 radical (unpaired) electrons. The first-order chi connectivity index (χ1) is 16.2. The van der Waals surface area contributed by atoms with Gasteiger partial charge in [0.15, 0.2) is 0 Å². The Labute approximate surface area is 204 Å². The average Bonchev–Trinajstić information content (AvgIpc) is 2.87. The normalized spacial score (nSPS) is 19.4. The van der Waals surface area contributed by atoms with Crippen molar-refractivity contribution in [3.63, 3.8) is 0 Å². The van der Waals surface area contributed by atoms with Crippen LogP contribution >= 0.6 is 0 Å². The van der Waals surface area contributed by atoms with Crippen molar-refractivity contribution < 1.29 is 4.74 Å². The van der Waals surface area contributed by atoms with Crippen molar-refractivity contribution in [1.82, 2.24) is 0 Å². The van der Waals surface area contributed by atoms with E-state index < -0.39 is 0 Å². The smallest absolute Gasteiger partial charge is 0.119 e. The van der Waals surface area contributed by atoms with Crippen LogP contribution in [0.5, 0.6) is 5.75 Å². The quantitative estimate of drug-likeness (QED) is 0.261. The van der Waals surface area contributed by atoms with E-state index in [1.165, 1.54) is 93.7 Å². The van der Waals surface area contributed by atoms with Crippen molar-refractivity contribution in [2.24, 2.45) is 17.8 Å². The lowest BCUT2D eigenvalue weighted by Gasteiger charge is -2.28. The van der Waals surface area contributed by atoms with Crippen molar-refractivity contribution in [2.75, 3.05) is 6.61 Å². The molecule has 0 N–H and O–H groups in total. The minimum atomic E-state index is 0.604. The predicted molar refractivity (Wildman–Crippen MR) is 144 cm³/mol. The monoisotopic (exact) mass is 448 g/mol. The van der Waals surface area contributed by atoms with E-state index >= 15 is 0 Å². The maximum atomic E-state index is 5.89. The highest BCUT2D eigenvalue weighted by Crippen LogP contribution is 2.34. The van der Waals surface area contributed by atoms with Crippen molar-refractivity contribution in [2.45, 2.75) is 104 Å². The number of hydrogen-bond acceptors (Lipinski definition) is 1. The van der Waals surface area contributed by atoms with Gasteiger partial charge in [0, 0.05) is 0 Å². The Bertz CT molecular complexity index is 752. The summed E-state index contributed by atoms with van der Waals surface area (Å²) in [6.07, 6.45) is 18.3. The van der Waals surface area contributed by atoms with E-state index in [2.05, 4.69) is 69.3 Å². The minimum absolute atomic E-state index is 0.604. The van der Waals surface area contributed by atoms with Crippen LogP contribution in [0.4, 0.5) is 0 Å². The van der Waals surface area contributed by atoms with Crippen LogP contribution < -0.4 is 4.74 Å². The third kappa shape index (κ3) is 9.19. The molecule has 1 aliphatic rings. The molecule has 1 atom stereocenters. The Morgan fingerprint density at radius 1 is 0.727 bits per heavy atom. The molecule has 1 unspecified atom stereocenters. The van der Waals surface area contributed by atoms with Gasteiger partial charge in [0.05, 0.1) is 6.61 Å². The maximum absolute atomic E-state index is 5.89. The largest absolute Gasteiger partial charge is 0.493 e. The standard InChI is InChI=1S/C32H48O/c1-4-6-7-10-27-13-15-28(16-14-27)11-8-9-12-29-17-19-30(20-18-29)31-21-23-32(24-22-31)33-25-26(3)5-2/h17-24,26-28H,4-16,25H2,1-3H3. The van der Waals surface area contributed by atoms with Crippen LogP contribution in [-0.4, -0.2) is 6.61 Å². The van der Waals surface area contributed by atoms with Crippen LogP contribution in [0.1, 0.15) is 103 Å². The molecule has 1 aliphatic carbocycles. The van der Waals surface area contributed by atoms with E-state index in [9.17, 15) is 0 Å². The van der Waals surface area contributed by atoms with Crippen molar-refractivity contribution in [1.29, 1.82) is 0 Å². The zero-order valence-electron chi connectivity index (χ0n) is 21.7. The molecule has 1 fully saturated rings. The van der Waals surface area contributed by atoms with E-state index in [0.29, 0.717) is 5.92 Å². The first-order valence-corrected chi connectivity index (χ1v) is 14.0. The molecule has 3 rings (SSSR count). The van der Waals surface area contributed by atoms with E-state index in [-0.39, 0.29) is 0 Å². The van der Waals surface area contributed by atoms with Gasteiger partial charge >= 0.3 is 0 Å². The maximum Gasteiger partial charge on any atom is 0.119 e. The fraction of sp³-hybridized carbons (Fsp3) is 0.625. The van der Waals surface area contributed by atoms with E-state index in [0.717, 1.165) is 30.6 Å². The van der Waals surface area contributed by atoms with Crippen LogP contribution in [0.3, 0.4) is 0 Å². The van der Waals surface area contributed by atoms with E-state index in [1.54, 1.807) is 0 Å². The molecule has 0 bridgehead atoms. The second-order valence-corrected chi connectivity index (χ2v) is 10.7. The van der Waals surface area contributed by atoms with Crippen LogP contribution in [0.2, 0.25) is 0 Å². The van der Waals surface area contributed by atoms with Gasteiger partial charge in [-0.25, -0.2) is 0 Å². The Kier molecular flexibility index (Phi) is 11.4. The summed E-state index contributed by atoms with van der Waals surface area (Å²) in [6.45, 7) is 7.55. The van der Waals surface area contributed by atoms with Crippen LogP contribution in [-0.2, 0) is 6.42 Å². The molecule has 1 saturated carbocycles.